The van der Waals surface area contributed by atoms with E-state index in [2.05, 4.69) is 20.8 Å². The molecule has 1 fully saturated rings. The van der Waals surface area contributed by atoms with Crippen molar-refractivity contribution in [3.8, 4) is 0 Å². The number of amides is 1. The Morgan fingerprint density at radius 3 is 2.95 bits per heavy atom. The molecule has 3 rings (SSSR count). The molecule has 22 heavy (non-hydrogen) atoms. The van der Waals surface area contributed by atoms with Gasteiger partial charge in [0.2, 0.25) is 5.91 Å². The largest absolute Gasteiger partial charge is 0.381 e. The summed E-state index contributed by atoms with van der Waals surface area (Å²) < 4.78 is 6.84. The van der Waals surface area contributed by atoms with Gasteiger partial charge in [-0.3, -0.25) is 4.79 Å². The average molecular weight is 301 g/mol. The molecule has 1 N–H and O–H groups in total. The van der Waals surface area contributed by atoms with Crippen LogP contribution in [0, 0.1) is 5.92 Å². The third-order valence-corrected chi connectivity index (χ3v) is 3.85. The van der Waals surface area contributed by atoms with Crippen molar-refractivity contribution in [1.82, 2.24) is 25.5 Å². The van der Waals surface area contributed by atoms with Crippen molar-refractivity contribution >= 4 is 5.91 Å². The minimum absolute atomic E-state index is 0.0666. The molecule has 7 nitrogen and oxygen atoms in total. The lowest BCUT2D eigenvalue weighted by Crippen LogP contribution is -2.37. The van der Waals surface area contributed by atoms with Gasteiger partial charge in [0.25, 0.3) is 0 Å². The quantitative estimate of drug-likeness (QED) is 0.845. The maximum absolute atomic E-state index is 12.5. The molecule has 1 aliphatic heterocycles. The van der Waals surface area contributed by atoms with Crippen LogP contribution in [-0.2, 0) is 16.0 Å². The van der Waals surface area contributed by atoms with Gasteiger partial charge in [-0.25, -0.2) is 4.68 Å². The fourth-order valence-electron chi connectivity index (χ4n) is 2.56. The Hall–Kier alpha value is -2.28. The molecule has 2 atom stereocenters. The van der Waals surface area contributed by atoms with Gasteiger partial charge in [0.15, 0.2) is 0 Å². The summed E-state index contributed by atoms with van der Waals surface area (Å²) in [6, 6.07) is 9.42. The van der Waals surface area contributed by atoms with E-state index < -0.39 is 6.04 Å². The molecule has 2 heterocycles. The van der Waals surface area contributed by atoms with Crippen LogP contribution in [0.2, 0.25) is 0 Å². The summed E-state index contributed by atoms with van der Waals surface area (Å²) in [6.45, 7) is 2.13. The molecule has 0 saturated carbocycles. The molecule has 0 unspecified atom stereocenters. The first kappa shape index (κ1) is 14.6. The zero-order chi connectivity index (χ0) is 15.2. The molecule has 0 bridgehead atoms. The number of aromatic nitrogens is 4. The molecule has 116 valence electrons. The predicted octanol–water partition coefficient (Wildman–Crippen LogP) is 0.610. The van der Waals surface area contributed by atoms with E-state index in [-0.39, 0.29) is 5.91 Å². The lowest BCUT2D eigenvalue weighted by Gasteiger charge is -2.17. The Balaban J connectivity index is 1.66. The maximum atomic E-state index is 12.5. The molecule has 1 aliphatic rings. The summed E-state index contributed by atoms with van der Waals surface area (Å²) in [4.78, 5) is 12.5. The lowest BCUT2D eigenvalue weighted by atomic mass is 10.0. The zero-order valence-corrected chi connectivity index (χ0v) is 12.3. The van der Waals surface area contributed by atoms with E-state index in [9.17, 15) is 4.79 Å². The van der Waals surface area contributed by atoms with Crippen LogP contribution in [0.5, 0.6) is 0 Å². The zero-order valence-electron chi connectivity index (χ0n) is 12.3. The van der Waals surface area contributed by atoms with Gasteiger partial charge in [0, 0.05) is 25.5 Å². The van der Waals surface area contributed by atoms with Crippen molar-refractivity contribution in [3.63, 3.8) is 0 Å². The summed E-state index contributed by atoms with van der Waals surface area (Å²) in [6.07, 6.45) is 3.03. The monoisotopic (exact) mass is 301 g/mol. The molecule has 7 heteroatoms. The topological polar surface area (TPSA) is 81.9 Å². The number of hydrogen-bond acceptors (Lipinski definition) is 5. The van der Waals surface area contributed by atoms with Crippen molar-refractivity contribution in [2.45, 2.75) is 18.9 Å². The number of carbonyl (C=O) groups is 1. The van der Waals surface area contributed by atoms with Gasteiger partial charge in [-0.15, -0.1) is 5.10 Å². The van der Waals surface area contributed by atoms with Crippen LogP contribution in [0.25, 0.3) is 0 Å². The van der Waals surface area contributed by atoms with Crippen molar-refractivity contribution in [2.24, 2.45) is 5.92 Å². The minimum Gasteiger partial charge on any atom is -0.381 e. The van der Waals surface area contributed by atoms with Crippen molar-refractivity contribution in [2.75, 3.05) is 19.8 Å². The summed E-state index contributed by atoms with van der Waals surface area (Å²) in [5.74, 6) is 0.332. The third-order valence-electron chi connectivity index (χ3n) is 3.85. The molecule has 0 spiro atoms. The Labute approximate surface area is 128 Å². The molecular formula is C15H19N5O2. The van der Waals surface area contributed by atoms with E-state index >= 15 is 0 Å². The molecule has 0 aliphatic carbocycles. The van der Waals surface area contributed by atoms with Crippen LogP contribution in [-0.4, -0.2) is 45.9 Å². The van der Waals surface area contributed by atoms with Gasteiger partial charge in [0.1, 0.15) is 12.4 Å². The van der Waals surface area contributed by atoms with Gasteiger partial charge in [-0.1, -0.05) is 30.3 Å². The van der Waals surface area contributed by atoms with E-state index in [1.54, 1.807) is 0 Å². The SMILES string of the molecule is O=C(NC[C@@H]1CCOC1)[C@H](Cc1ccccc1)n1cnnn1. The van der Waals surface area contributed by atoms with Gasteiger partial charge in [-0.05, 0) is 22.4 Å². The second-order valence-corrected chi connectivity index (χ2v) is 5.47. The van der Waals surface area contributed by atoms with Crippen LogP contribution in [0.1, 0.15) is 18.0 Å². The third kappa shape index (κ3) is 3.67. The average Bonchev–Trinajstić information content (AvgIpc) is 3.24. The number of tetrazole rings is 1. The Bertz CT molecular complexity index is 581. The highest BCUT2D eigenvalue weighted by Crippen LogP contribution is 2.15. The van der Waals surface area contributed by atoms with Gasteiger partial charge in [0.05, 0.1) is 6.61 Å². The molecule has 2 aromatic rings. The summed E-state index contributed by atoms with van der Waals surface area (Å²) in [5.41, 5.74) is 1.07. The molecule has 1 aromatic carbocycles. The first-order chi connectivity index (χ1) is 10.8. The van der Waals surface area contributed by atoms with E-state index in [0.29, 0.717) is 25.5 Å². The van der Waals surface area contributed by atoms with Crippen molar-refractivity contribution < 1.29 is 9.53 Å². The molecule has 1 aromatic heterocycles. The first-order valence-electron chi connectivity index (χ1n) is 7.45. The lowest BCUT2D eigenvalue weighted by molar-refractivity contribution is -0.124. The van der Waals surface area contributed by atoms with Crippen molar-refractivity contribution in [3.05, 3.63) is 42.2 Å². The second-order valence-electron chi connectivity index (χ2n) is 5.47. The Morgan fingerprint density at radius 1 is 1.41 bits per heavy atom. The molecule has 0 radical (unpaired) electrons. The standard InChI is InChI=1S/C15H19N5O2/c21-15(16-9-13-6-7-22-10-13)14(20-11-17-18-19-20)8-12-4-2-1-3-5-12/h1-5,11,13-14H,6-10H2,(H,16,21)/t13-,14-/m0/s1. The highest BCUT2D eigenvalue weighted by molar-refractivity contribution is 5.80. The number of carbonyl (C=O) groups excluding carboxylic acids is 1. The van der Waals surface area contributed by atoms with Crippen LogP contribution in [0.3, 0.4) is 0 Å². The van der Waals surface area contributed by atoms with Gasteiger partial charge < -0.3 is 10.1 Å². The fourth-order valence-corrected chi connectivity index (χ4v) is 2.56. The van der Waals surface area contributed by atoms with E-state index in [4.69, 9.17) is 4.74 Å². The first-order valence-corrected chi connectivity index (χ1v) is 7.45. The van der Waals surface area contributed by atoms with E-state index in [1.165, 1.54) is 11.0 Å². The van der Waals surface area contributed by atoms with Crippen molar-refractivity contribution in [1.29, 1.82) is 0 Å². The number of hydrogen-bond donors (Lipinski definition) is 1. The number of nitrogens with one attached hydrogen (secondary N) is 1. The number of nitrogens with zero attached hydrogens (tertiary/aromatic N) is 4. The number of benzene rings is 1. The highest BCUT2D eigenvalue weighted by Gasteiger charge is 2.24. The molecule has 1 amide bonds. The summed E-state index contributed by atoms with van der Waals surface area (Å²) in [5, 5.41) is 14.2. The Morgan fingerprint density at radius 2 is 2.27 bits per heavy atom. The van der Waals surface area contributed by atoms with Gasteiger partial charge in [-0.2, -0.15) is 0 Å². The smallest absolute Gasteiger partial charge is 0.245 e. The second kappa shape index (κ2) is 7.13. The summed E-state index contributed by atoms with van der Waals surface area (Å²) in [7, 11) is 0. The highest BCUT2D eigenvalue weighted by atomic mass is 16.5. The van der Waals surface area contributed by atoms with E-state index in [0.717, 1.165) is 18.6 Å². The van der Waals surface area contributed by atoms with Crippen LogP contribution < -0.4 is 5.32 Å². The minimum atomic E-state index is -0.445. The van der Waals surface area contributed by atoms with Gasteiger partial charge >= 0.3 is 0 Å². The molecule has 1 saturated heterocycles. The Kier molecular flexibility index (Phi) is 4.75. The fraction of sp³-hybridized carbons (Fsp3) is 0.467. The summed E-state index contributed by atoms with van der Waals surface area (Å²) >= 11 is 0. The predicted molar refractivity (Wildman–Crippen MR) is 78.9 cm³/mol. The maximum Gasteiger partial charge on any atom is 0.245 e. The number of ether oxygens (including phenoxy) is 1. The van der Waals surface area contributed by atoms with Crippen LogP contribution >= 0.6 is 0 Å². The number of rotatable bonds is 6. The molecular weight excluding hydrogens is 282 g/mol. The van der Waals surface area contributed by atoms with Crippen LogP contribution in [0.4, 0.5) is 0 Å². The normalized spacial score (nSPS) is 19.0. The van der Waals surface area contributed by atoms with Crippen LogP contribution in [0.15, 0.2) is 36.7 Å². The van der Waals surface area contributed by atoms with E-state index in [1.807, 2.05) is 30.3 Å².